The number of hydrogen-bond acceptors (Lipinski definition) is 4. The number of rotatable bonds is 7. The van der Waals surface area contributed by atoms with Gasteiger partial charge in [-0.15, -0.1) is 0 Å². The van der Waals surface area contributed by atoms with E-state index in [1.807, 2.05) is 6.92 Å². The quantitative estimate of drug-likeness (QED) is 0.715. The van der Waals surface area contributed by atoms with Crippen LogP contribution in [0.15, 0.2) is 0 Å². The molecule has 0 radical (unpaired) electrons. The molecule has 1 amide bonds. The standard InChI is InChI=1S/C16H31N3O2/c1-14(16(20)17-8-6-12-21-2)19-11-5-7-15(13-19)18-9-3-4-10-18/h14-15H,3-13H2,1-2H3,(H,17,20)/t14-,15+/m0/s1. The molecule has 0 bridgehead atoms. The van der Waals surface area contributed by atoms with E-state index in [2.05, 4.69) is 15.1 Å². The maximum atomic E-state index is 12.2. The highest BCUT2D eigenvalue weighted by Crippen LogP contribution is 2.21. The Bertz CT molecular complexity index is 319. The van der Waals surface area contributed by atoms with Crippen LogP contribution in [0.5, 0.6) is 0 Å². The third kappa shape index (κ3) is 4.94. The molecule has 2 rings (SSSR count). The average molecular weight is 297 g/mol. The summed E-state index contributed by atoms with van der Waals surface area (Å²) in [6.07, 6.45) is 6.06. The van der Waals surface area contributed by atoms with Gasteiger partial charge in [-0.3, -0.25) is 14.6 Å². The molecule has 0 aliphatic carbocycles. The van der Waals surface area contributed by atoms with Gasteiger partial charge in [0.2, 0.25) is 5.91 Å². The van der Waals surface area contributed by atoms with E-state index in [4.69, 9.17) is 4.74 Å². The molecule has 0 saturated carbocycles. The highest BCUT2D eigenvalue weighted by atomic mass is 16.5. The number of ether oxygens (including phenoxy) is 1. The van der Waals surface area contributed by atoms with Crippen LogP contribution in [0.2, 0.25) is 0 Å². The van der Waals surface area contributed by atoms with Gasteiger partial charge in [0.25, 0.3) is 0 Å². The highest BCUT2D eigenvalue weighted by Gasteiger charge is 2.31. The maximum Gasteiger partial charge on any atom is 0.237 e. The second-order valence-electron chi connectivity index (χ2n) is 6.35. The molecule has 2 saturated heterocycles. The van der Waals surface area contributed by atoms with Crippen molar-refractivity contribution in [2.45, 2.75) is 51.1 Å². The van der Waals surface area contributed by atoms with Gasteiger partial charge in [-0.25, -0.2) is 0 Å². The lowest BCUT2D eigenvalue weighted by molar-refractivity contribution is -0.126. The molecule has 0 spiro atoms. The number of amides is 1. The number of likely N-dealkylation sites (tertiary alicyclic amines) is 2. The van der Waals surface area contributed by atoms with Gasteiger partial charge in [-0.2, -0.15) is 0 Å². The number of carbonyl (C=O) groups is 1. The predicted octanol–water partition coefficient (Wildman–Crippen LogP) is 1.09. The second kappa shape index (κ2) is 8.71. The van der Waals surface area contributed by atoms with Crippen LogP contribution in [0.3, 0.4) is 0 Å². The first-order chi connectivity index (χ1) is 10.2. The molecule has 0 aromatic heterocycles. The molecule has 2 aliphatic heterocycles. The van der Waals surface area contributed by atoms with Crippen molar-refractivity contribution in [2.24, 2.45) is 0 Å². The van der Waals surface area contributed by atoms with E-state index in [1.165, 1.54) is 38.8 Å². The molecule has 0 unspecified atom stereocenters. The van der Waals surface area contributed by atoms with Crippen LogP contribution in [0.25, 0.3) is 0 Å². The lowest BCUT2D eigenvalue weighted by Gasteiger charge is -2.39. The molecule has 5 heteroatoms. The summed E-state index contributed by atoms with van der Waals surface area (Å²) in [4.78, 5) is 17.2. The minimum Gasteiger partial charge on any atom is -0.385 e. The maximum absolute atomic E-state index is 12.2. The summed E-state index contributed by atoms with van der Waals surface area (Å²) < 4.78 is 5.00. The van der Waals surface area contributed by atoms with E-state index in [0.717, 1.165) is 19.5 Å². The van der Waals surface area contributed by atoms with Crippen molar-refractivity contribution in [2.75, 3.05) is 46.4 Å². The summed E-state index contributed by atoms with van der Waals surface area (Å²) in [5.74, 6) is 0.160. The van der Waals surface area contributed by atoms with Crippen LogP contribution in [0.1, 0.15) is 39.0 Å². The summed E-state index contributed by atoms with van der Waals surface area (Å²) in [5.41, 5.74) is 0. The zero-order valence-electron chi connectivity index (χ0n) is 13.6. The summed E-state index contributed by atoms with van der Waals surface area (Å²) in [6, 6.07) is 0.642. The Labute approximate surface area is 129 Å². The minimum atomic E-state index is -0.0158. The highest BCUT2D eigenvalue weighted by molar-refractivity contribution is 5.81. The average Bonchev–Trinajstić information content (AvgIpc) is 3.05. The number of methoxy groups -OCH3 is 1. The van der Waals surface area contributed by atoms with Crippen molar-refractivity contribution in [3.63, 3.8) is 0 Å². The zero-order valence-corrected chi connectivity index (χ0v) is 13.6. The monoisotopic (exact) mass is 297 g/mol. The van der Waals surface area contributed by atoms with E-state index in [-0.39, 0.29) is 11.9 Å². The predicted molar refractivity (Wildman–Crippen MR) is 84.4 cm³/mol. The van der Waals surface area contributed by atoms with Crippen LogP contribution >= 0.6 is 0 Å². The van der Waals surface area contributed by atoms with Crippen molar-refractivity contribution in [1.82, 2.24) is 15.1 Å². The summed E-state index contributed by atoms with van der Waals surface area (Å²) in [5, 5.41) is 3.02. The molecule has 1 N–H and O–H groups in total. The molecular weight excluding hydrogens is 266 g/mol. The summed E-state index contributed by atoms with van der Waals surface area (Å²) in [7, 11) is 1.69. The van der Waals surface area contributed by atoms with Gasteiger partial charge < -0.3 is 10.1 Å². The first kappa shape index (κ1) is 16.7. The van der Waals surface area contributed by atoms with E-state index >= 15 is 0 Å². The molecule has 122 valence electrons. The van der Waals surface area contributed by atoms with E-state index in [1.54, 1.807) is 7.11 Å². The van der Waals surface area contributed by atoms with Crippen LogP contribution in [0, 0.1) is 0 Å². The largest absolute Gasteiger partial charge is 0.385 e. The Morgan fingerprint density at radius 3 is 2.76 bits per heavy atom. The Morgan fingerprint density at radius 2 is 2.05 bits per heavy atom. The van der Waals surface area contributed by atoms with Gasteiger partial charge in [0.05, 0.1) is 6.04 Å². The Kier molecular flexibility index (Phi) is 6.93. The first-order valence-corrected chi connectivity index (χ1v) is 8.47. The van der Waals surface area contributed by atoms with Crippen LogP contribution in [0.4, 0.5) is 0 Å². The molecule has 0 aromatic rings. The van der Waals surface area contributed by atoms with Gasteiger partial charge >= 0.3 is 0 Å². The number of nitrogens with zero attached hydrogens (tertiary/aromatic N) is 2. The summed E-state index contributed by atoms with van der Waals surface area (Å²) >= 11 is 0. The molecule has 21 heavy (non-hydrogen) atoms. The molecule has 2 heterocycles. The SMILES string of the molecule is COCCCNC(=O)[C@H](C)N1CCC[C@@H](N2CCCC2)C1. The van der Waals surface area contributed by atoms with Crippen molar-refractivity contribution in [1.29, 1.82) is 0 Å². The normalized spacial score (nSPS) is 25.9. The third-order valence-corrected chi connectivity index (χ3v) is 4.84. The number of piperidine rings is 1. The summed E-state index contributed by atoms with van der Waals surface area (Å²) in [6.45, 7) is 8.05. The Balaban J connectivity index is 1.75. The van der Waals surface area contributed by atoms with Crippen LogP contribution < -0.4 is 5.32 Å². The fourth-order valence-corrected chi connectivity index (χ4v) is 3.48. The zero-order chi connectivity index (χ0) is 15.1. The van der Waals surface area contributed by atoms with Crippen molar-refractivity contribution in [3.05, 3.63) is 0 Å². The molecule has 5 nitrogen and oxygen atoms in total. The molecule has 2 atom stereocenters. The smallest absolute Gasteiger partial charge is 0.237 e. The third-order valence-electron chi connectivity index (χ3n) is 4.84. The second-order valence-corrected chi connectivity index (χ2v) is 6.35. The Morgan fingerprint density at radius 1 is 1.29 bits per heavy atom. The molecule has 2 aliphatic rings. The fourth-order valence-electron chi connectivity index (χ4n) is 3.48. The van der Waals surface area contributed by atoms with Gasteiger partial charge in [-0.1, -0.05) is 0 Å². The van der Waals surface area contributed by atoms with Crippen molar-refractivity contribution < 1.29 is 9.53 Å². The van der Waals surface area contributed by atoms with Crippen molar-refractivity contribution in [3.8, 4) is 0 Å². The van der Waals surface area contributed by atoms with Crippen LogP contribution in [-0.4, -0.2) is 74.2 Å². The van der Waals surface area contributed by atoms with Crippen LogP contribution in [-0.2, 0) is 9.53 Å². The van der Waals surface area contributed by atoms with Gasteiger partial charge in [-0.05, 0) is 58.7 Å². The Hall–Kier alpha value is -0.650. The van der Waals surface area contributed by atoms with E-state index in [0.29, 0.717) is 19.2 Å². The molecule has 2 fully saturated rings. The first-order valence-electron chi connectivity index (χ1n) is 8.47. The molecule has 0 aromatic carbocycles. The lowest BCUT2D eigenvalue weighted by Crippen LogP contribution is -2.53. The van der Waals surface area contributed by atoms with E-state index < -0.39 is 0 Å². The van der Waals surface area contributed by atoms with E-state index in [9.17, 15) is 4.79 Å². The minimum absolute atomic E-state index is 0.0158. The lowest BCUT2D eigenvalue weighted by atomic mass is 10.0. The van der Waals surface area contributed by atoms with Gasteiger partial charge in [0, 0.05) is 32.8 Å². The van der Waals surface area contributed by atoms with Crippen molar-refractivity contribution >= 4 is 5.91 Å². The molecular formula is C16H31N3O2. The topological polar surface area (TPSA) is 44.8 Å². The van der Waals surface area contributed by atoms with Gasteiger partial charge in [0.1, 0.15) is 0 Å². The number of hydrogen-bond donors (Lipinski definition) is 1. The number of nitrogens with one attached hydrogen (secondary N) is 1. The number of carbonyl (C=O) groups excluding carboxylic acids is 1. The van der Waals surface area contributed by atoms with Gasteiger partial charge in [0.15, 0.2) is 0 Å². The fraction of sp³-hybridized carbons (Fsp3) is 0.938.